The van der Waals surface area contributed by atoms with Crippen LogP contribution in [0.1, 0.15) is 43.5 Å². The van der Waals surface area contributed by atoms with Crippen LogP contribution in [0.25, 0.3) is 0 Å². The van der Waals surface area contributed by atoms with Crippen molar-refractivity contribution in [3.63, 3.8) is 0 Å². The van der Waals surface area contributed by atoms with Gasteiger partial charge in [0.15, 0.2) is 0 Å². The fourth-order valence-electron chi connectivity index (χ4n) is 2.93. The lowest BCUT2D eigenvalue weighted by Gasteiger charge is -2.29. The number of nitrogens with zero attached hydrogens (tertiary/aromatic N) is 1. The highest BCUT2D eigenvalue weighted by Crippen LogP contribution is 2.25. The largest absolute Gasteiger partial charge is 0.375 e. The van der Waals surface area contributed by atoms with Crippen molar-refractivity contribution in [1.29, 1.82) is 0 Å². The summed E-state index contributed by atoms with van der Waals surface area (Å²) < 4.78 is 0. The van der Waals surface area contributed by atoms with Gasteiger partial charge in [0.05, 0.1) is 12.1 Å². The minimum Gasteiger partial charge on any atom is -0.375 e. The van der Waals surface area contributed by atoms with E-state index in [1.807, 2.05) is 19.9 Å². The lowest BCUT2D eigenvalue weighted by molar-refractivity contribution is -0.118. The van der Waals surface area contributed by atoms with E-state index in [1.165, 1.54) is 6.42 Å². The molecule has 2 rings (SSSR count). The number of urea groups is 1. The Kier molecular flexibility index (Phi) is 7.45. The van der Waals surface area contributed by atoms with Crippen molar-refractivity contribution in [2.75, 3.05) is 36.4 Å². The summed E-state index contributed by atoms with van der Waals surface area (Å²) in [5.41, 5.74) is 7.26. The first-order chi connectivity index (χ1) is 12.9. The standard InChI is InChI=1S/C19H29N5O3/c1-13(2)11-22-19(27)23-17(25)12-21-16-7-6-14(10-15(16)18(20)26)24-8-4-3-5-9-24/h6-7,10,13,21H,3-5,8-9,11-12H2,1-2H3,(H2,20,26)(H2,22,23,25,27). The smallest absolute Gasteiger partial charge is 0.321 e. The highest BCUT2D eigenvalue weighted by Gasteiger charge is 2.16. The molecule has 0 bridgehead atoms. The Morgan fingerprint density at radius 1 is 1.15 bits per heavy atom. The van der Waals surface area contributed by atoms with E-state index in [0.29, 0.717) is 23.7 Å². The molecule has 1 aliphatic rings. The Balaban J connectivity index is 1.95. The molecule has 0 aromatic heterocycles. The first kappa shape index (κ1) is 20.5. The number of imide groups is 1. The van der Waals surface area contributed by atoms with Gasteiger partial charge < -0.3 is 21.3 Å². The molecule has 0 atom stereocenters. The molecule has 0 unspecified atom stereocenters. The van der Waals surface area contributed by atoms with Gasteiger partial charge in [-0.05, 0) is 43.4 Å². The average molecular weight is 375 g/mol. The topological polar surface area (TPSA) is 117 Å². The summed E-state index contributed by atoms with van der Waals surface area (Å²) in [6.45, 7) is 6.18. The second-order valence-corrected chi connectivity index (χ2v) is 7.15. The number of nitrogens with two attached hydrogens (primary N) is 1. The van der Waals surface area contributed by atoms with E-state index in [4.69, 9.17) is 5.73 Å². The molecule has 0 aliphatic carbocycles. The second kappa shape index (κ2) is 9.80. The van der Waals surface area contributed by atoms with E-state index in [-0.39, 0.29) is 6.54 Å². The maximum atomic E-state index is 11.9. The van der Waals surface area contributed by atoms with Crippen LogP contribution in [0.2, 0.25) is 0 Å². The molecular weight excluding hydrogens is 346 g/mol. The van der Waals surface area contributed by atoms with Gasteiger partial charge in [-0.25, -0.2) is 4.79 Å². The number of benzene rings is 1. The highest BCUT2D eigenvalue weighted by molar-refractivity contribution is 6.01. The van der Waals surface area contributed by atoms with Crippen molar-refractivity contribution in [3.8, 4) is 0 Å². The van der Waals surface area contributed by atoms with Gasteiger partial charge in [-0.2, -0.15) is 0 Å². The zero-order valence-corrected chi connectivity index (χ0v) is 16.0. The summed E-state index contributed by atoms with van der Waals surface area (Å²) >= 11 is 0. The average Bonchev–Trinajstić information content (AvgIpc) is 2.65. The summed E-state index contributed by atoms with van der Waals surface area (Å²) in [5.74, 6) is -0.765. The fraction of sp³-hybridized carbons (Fsp3) is 0.526. The van der Waals surface area contributed by atoms with E-state index in [0.717, 1.165) is 31.6 Å². The molecule has 0 spiro atoms. The van der Waals surface area contributed by atoms with Gasteiger partial charge in [0, 0.05) is 31.0 Å². The van der Waals surface area contributed by atoms with Crippen molar-refractivity contribution in [2.24, 2.45) is 11.7 Å². The van der Waals surface area contributed by atoms with Crippen LogP contribution >= 0.6 is 0 Å². The summed E-state index contributed by atoms with van der Waals surface area (Å²) in [6.07, 6.45) is 3.48. The minimum atomic E-state index is -0.563. The summed E-state index contributed by atoms with van der Waals surface area (Å²) in [6, 6.07) is 4.87. The molecule has 8 nitrogen and oxygen atoms in total. The Hall–Kier alpha value is -2.77. The number of piperidine rings is 1. The summed E-state index contributed by atoms with van der Waals surface area (Å²) in [4.78, 5) is 37.6. The van der Waals surface area contributed by atoms with Gasteiger partial charge in [-0.3, -0.25) is 14.9 Å². The molecule has 8 heteroatoms. The Bertz CT molecular complexity index is 684. The minimum absolute atomic E-state index is 0.140. The van der Waals surface area contributed by atoms with Crippen molar-refractivity contribution in [3.05, 3.63) is 23.8 Å². The molecule has 5 N–H and O–H groups in total. The van der Waals surface area contributed by atoms with Gasteiger partial charge in [-0.15, -0.1) is 0 Å². The van der Waals surface area contributed by atoms with E-state index >= 15 is 0 Å². The van der Waals surface area contributed by atoms with E-state index in [2.05, 4.69) is 20.9 Å². The molecule has 1 aliphatic heterocycles. The first-order valence-corrected chi connectivity index (χ1v) is 9.37. The molecule has 4 amide bonds. The van der Waals surface area contributed by atoms with Crippen LogP contribution in [-0.4, -0.2) is 44.0 Å². The van der Waals surface area contributed by atoms with Crippen molar-refractivity contribution >= 4 is 29.2 Å². The van der Waals surface area contributed by atoms with Crippen molar-refractivity contribution in [1.82, 2.24) is 10.6 Å². The van der Waals surface area contributed by atoms with Crippen LogP contribution in [0.4, 0.5) is 16.2 Å². The molecule has 1 saturated heterocycles. The normalized spacial score (nSPS) is 14.0. The highest BCUT2D eigenvalue weighted by atomic mass is 16.2. The van der Waals surface area contributed by atoms with Crippen molar-refractivity contribution < 1.29 is 14.4 Å². The Labute approximate surface area is 159 Å². The predicted octanol–water partition coefficient (Wildman–Crippen LogP) is 1.67. The van der Waals surface area contributed by atoms with Crippen LogP contribution in [0.5, 0.6) is 0 Å². The SMILES string of the molecule is CC(C)CNC(=O)NC(=O)CNc1ccc(N2CCCCC2)cc1C(N)=O. The van der Waals surface area contributed by atoms with Crippen LogP contribution < -0.4 is 26.6 Å². The van der Waals surface area contributed by atoms with Crippen LogP contribution in [0.3, 0.4) is 0 Å². The van der Waals surface area contributed by atoms with E-state index < -0.39 is 17.8 Å². The van der Waals surface area contributed by atoms with Gasteiger partial charge in [0.2, 0.25) is 5.91 Å². The number of primary amides is 1. The number of nitrogens with one attached hydrogen (secondary N) is 3. The second-order valence-electron chi connectivity index (χ2n) is 7.15. The van der Waals surface area contributed by atoms with Gasteiger partial charge >= 0.3 is 6.03 Å². The maximum Gasteiger partial charge on any atom is 0.321 e. The van der Waals surface area contributed by atoms with Crippen LogP contribution in [0.15, 0.2) is 18.2 Å². The lowest BCUT2D eigenvalue weighted by atomic mass is 10.1. The zero-order chi connectivity index (χ0) is 19.8. The number of hydrogen-bond donors (Lipinski definition) is 4. The summed E-state index contributed by atoms with van der Waals surface area (Å²) in [7, 11) is 0. The Morgan fingerprint density at radius 2 is 1.85 bits per heavy atom. The molecule has 1 fully saturated rings. The zero-order valence-electron chi connectivity index (χ0n) is 16.0. The molecule has 1 aromatic rings. The van der Waals surface area contributed by atoms with Crippen LogP contribution in [0, 0.1) is 5.92 Å². The molecular formula is C19H29N5O3. The third kappa shape index (κ3) is 6.47. The molecule has 0 radical (unpaired) electrons. The number of anilines is 2. The van der Waals surface area contributed by atoms with Gasteiger partial charge in [-0.1, -0.05) is 13.8 Å². The number of carbonyl (C=O) groups excluding carboxylic acids is 3. The van der Waals surface area contributed by atoms with E-state index in [1.54, 1.807) is 12.1 Å². The predicted molar refractivity (Wildman–Crippen MR) is 106 cm³/mol. The third-order valence-electron chi connectivity index (χ3n) is 4.35. The number of hydrogen-bond acceptors (Lipinski definition) is 5. The fourth-order valence-corrected chi connectivity index (χ4v) is 2.93. The number of rotatable bonds is 7. The third-order valence-corrected chi connectivity index (χ3v) is 4.35. The van der Waals surface area contributed by atoms with Gasteiger partial charge in [0.25, 0.3) is 5.91 Å². The van der Waals surface area contributed by atoms with Gasteiger partial charge in [0.1, 0.15) is 0 Å². The summed E-state index contributed by atoms with van der Waals surface area (Å²) in [5, 5.41) is 7.73. The molecule has 1 heterocycles. The molecule has 0 saturated carbocycles. The lowest BCUT2D eigenvalue weighted by Crippen LogP contribution is -2.43. The monoisotopic (exact) mass is 375 g/mol. The van der Waals surface area contributed by atoms with Crippen molar-refractivity contribution in [2.45, 2.75) is 33.1 Å². The maximum absolute atomic E-state index is 11.9. The molecule has 148 valence electrons. The Morgan fingerprint density at radius 3 is 2.48 bits per heavy atom. The first-order valence-electron chi connectivity index (χ1n) is 9.37. The van der Waals surface area contributed by atoms with E-state index in [9.17, 15) is 14.4 Å². The van der Waals surface area contributed by atoms with Crippen LogP contribution in [-0.2, 0) is 4.79 Å². The quantitative estimate of drug-likeness (QED) is 0.578. The molecule has 27 heavy (non-hydrogen) atoms. The molecule has 1 aromatic carbocycles. The number of amides is 4. The number of carbonyl (C=O) groups is 3.